The highest BCUT2D eigenvalue weighted by atomic mass is 16.4. The molecule has 0 aromatic carbocycles. The van der Waals surface area contributed by atoms with E-state index >= 15 is 0 Å². The highest BCUT2D eigenvalue weighted by Crippen LogP contribution is 2.07. The number of amides is 2. The lowest BCUT2D eigenvalue weighted by Gasteiger charge is -2.23. The maximum Gasteiger partial charge on any atom is 0.326 e. The Balaban J connectivity index is 5.05. The normalized spacial score (nSPS) is 14.2. The molecule has 2 amide bonds. The molecule has 11 heteroatoms. The third-order valence-electron chi connectivity index (χ3n) is 3.33. The molecule has 0 heterocycles. The molecule has 0 radical (unpaired) electrons. The Labute approximate surface area is 149 Å². The van der Waals surface area contributed by atoms with E-state index in [0.29, 0.717) is 0 Å². The Bertz CT molecular complexity index is 549. The number of nitrogens with two attached hydrogens (primary N) is 1. The molecule has 0 aliphatic rings. The van der Waals surface area contributed by atoms with E-state index < -0.39 is 60.7 Å². The van der Waals surface area contributed by atoms with Gasteiger partial charge < -0.3 is 31.7 Å². The van der Waals surface area contributed by atoms with Gasteiger partial charge in [0.2, 0.25) is 11.8 Å². The summed E-state index contributed by atoms with van der Waals surface area (Å²) in [7, 11) is 0. The first-order valence-corrected chi connectivity index (χ1v) is 7.96. The van der Waals surface area contributed by atoms with E-state index in [0.717, 1.165) is 0 Å². The number of aliphatic carboxylic acids is 3. The van der Waals surface area contributed by atoms with Crippen LogP contribution in [0.25, 0.3) is 0 Å². The second-order valence-corrected chi connectivity index (χ2v) is 6.23. The summed E-state index contributed by atoms with van der Waals surface area (Å²) in [6, 6.07) is -3.93. The molecule has 0 rings (SSSR count). The molecule has 0 aromatic rings. The fraction of sp³-hybridized carbons (Fsp3) is 0.667. The zero-order valence-corrected chi connectivity index (χ0v) is 14.6. The zero-order valence-electron chi connectivity index (χ0n) is 14.6. The van der Waals surface area contributed by atoms with E-state index in [1.165, 1.54) is 0 Å². The van der Waals surface area contributed by atoms with E-state index in [2.05, 4.69) is 10.6 Å². The second-order valence-electron chi connectivity index (χ2n) is 6.23. The molecule has 0 fully saturated rings. The first-order valence-electron chi connectivity index (χ1n) is 7.96. The van der Waals surface area contributed by atoms with Gasteiger partial charge in [-0.1, -0.05) is 13.8 Å². The molecular weight excluding hydrogens is 350 g/mol. The quantitative estimate of drug-likeness (QED) is 0.241. The Hall–Kier alpha value is -2.69. The lowest BCUT2D eigenvalue weighted by Crippen LogP contribution is -2.55. The van der Waals surface area contributed by atoms with Crippen molar-refractivity contribution in [1.82, 2.24) is 10.6 Å². The lowest BCUT2D eigenvalue weighted by molar-refractivity contribution is -0.144. The van der Waals surface area contributed by atoms with Gasteiger partial charge in [0.05, 0.1) is 12.5 Å². The van der Waals surface area contributed by atoms with Crippen LogP contribution in [0.5, 0.6) is 0 Å². The third kappa shape index (κ3) is 9.57. The number of hydrogen-bond acceptors (Lipinski definition) is 6. The van der Waals surface area contributed by atoms with Gasteiger partial charge in [0, 0.05) is 6.42 Å². The Kier molecular flexibility index (Phi) is 9.89. The third-order valence-corrected chi connectivity index (χ3v) is 3.33. The smallest absolute Gasteiger partial charge is 0.326 e. The van der Waals surface area contributed by atoms with Gasteiger partial charge in [-0.25, -0.2) is 4.79 Å². The summed E-state index contributed by atoms with van der Waals surface area (Å²) in [5.74, 6) is -5.62. The highest BCUT2D eigenvalue weighted by Gasteiger charge is 2.29. The molecule has 148 valence electrons. The summed E-state index contributed by atoms with van der Waals surface area (Å²) < 4.78 is 0. The monoisotopic (exact) mass is 375 g/mol. The predicted octanol–water partition coefficient (Wildman–Crippen LogP) is -1.25. The average Bonchev–Trinajstić information content (AvgIpc) is 2.48. The molecule has 11 nitrogen and oxygen atoms in total. The molecule has 7 N–H and O–H groups in total. The van der Waals surface area contributed by atoms with E-state index in [1.807, 2.05) is 0 Å². The van der Waals surface area contributed by atoms with E-state index in [-0.39, 0.29) is 18.8 Å². The molecule has 0 spiro atoms. The van der Waals surface area contributed by atoms with Crippen molar-refractivity contribution in [3.63, 3.8) is 0 Å². The van der Waals surface area contributed by atoms with Gasteiger partial charge in [0.15, 0.2) is 0 Å². The van der Waals surface area contributed by atoms with Gasteiger partial charge >= 0.3 is 17.9 Å². The first-order chi connectivity index (χ1) is 11.9. The largest absolute Gasteiger partial charge is 0.481 e. The van der Waals surface area contributed by atoms with Crippen LogP contribution in [0.1, 0.15) is 39.5 Å². The van der Waals surface area contributed by atoms with Crippen LogP contribution in [0.3, 0.4) is 0 Å². The van der Waals surface area contributed by atoms with Crippen LogP contribution in [0.2, 0.25) is 0 Å². The van der Waals surface area contributed by atoms with E-state index in [4.69, 9.17) is 21.1 Å². The number of hydrogen-bond donors (Lipinski definition) is 6. The molecule has 0 unspecified atom stereocenters. The maximum absolute atomic E-state index is 12.3. The number of carbonyl (C=O) groups excluding carboxylic acids is 2. The number of rotatable bonds is 12. The standard InChI is InChI=1S/C15H25N3O8/c1-7(2)5-10(18-13(23)8(16)6-12(21)22)14(24)17-9(15(25)26)3-4-11(19)20/h7-10H,3-6,16H2,1-2H3,(H,17,24)(H,18,23)(H,19,20)(H,21,22)(H,25,26)/t8-,9-,10-/m0/s1. The number of nitrogens with one attached hydrogen (secondary N) is 2. The Morgan fingerprint density at radius 1 is 0.885 bits per heavy atom. The topological polar surface area (TPSA) is 196 Å². The van der Waals surface area contributed by atoms with Crippen molar-refractivity contribution in [2.45, 2.75) is 57.7 Å². The van der Waals surface area contributed by atoms with Crippen molar-refractivity contribution in [2.75, 3.05) is 0 Å². The fourth-order valence-corrected chi connectivity index (χ4v) is 2.06. The van der Waals surface area contributed by atoms with E-state index in [9.17, 15) is 24.0 Å². The summed E-state index contributed by atoms with van der Waals surface area (Å²) >= 11 is 0. The van der Waals surface area contributed by atoms with Crippen LogP contribution >= 0.6 is 0 Å². The molecule has 0 aliphatic carbocycles. The van der Waals surface area contributed by atoms with Crippen molar-refractivity contribution in [3.05, 3.63) is 0 Å². The van der Waals surface area contributed by atoms with Crippen molar-refractivity contribution < 1.29 is 39.3 Å². The Morgan fingerprint density at radius 2 is 1.42 bits per heavy atom. The molecule has 3 atom stereocenters. The molecule has 0 aromatic heterocycles. The molecule has 26 heavy (non-hydrogen) atoms. The molecular formula is C15H25N3O8. The van der Waals surface area contributed by atoms with Crippen LogP contribution in [0.4, 0.5) is 0 Å². The fourth-order valence-electron chi connectivity index (χ4n) is 2.06. The van der Waals surface area contributed by atoms with Crippen LogP contribution < -0.4 is 16.4 Å². The summed E-state index contributed by atoms with van der Waals surface area (Å²) in [4.78, 5) is 56.6. The first kappa shape index (κ1) is 23.3. The number of carboxylic acid groups (broad SMARTS) is 3. The minimum absolute atomic E-state index is 0.0518. The minimum Gasteiger partial charge on any atom is -0.481 e. The van der Waals surface area contributed by atoms with Crippen molar-refractivity contribution in [1.29, 1.82) is 0 Å². The van der Waals surface area contributed by atoms with Gasteiger partial charge in [-0.3, -0.25) is 19.2 Å². The van der Waals surface area contributed by atoms with Gasteiger partial charge in [0.25, 0.3) is 0 Å². The second kappa shape index (κ2) is 11.0. The van der Waals surface area contributed by atoms with Crippen LogP contribution in [-0.4, -0.2) is 63.2 Å². The number of carbonyl (C=O) groups is 5. The zero-order chi connectivity index (χ0) is 20.4. The van der Waals surface area contributed by atoms with Crippen LogP contribution in [0.15, 0.2) is 0 Å². The van der Waals surface area contributed by atoms with Crippen molar-refractivity contribution in [2.24, 2.45) is 11.7 Å². The minimum atomic E-state index is -1.43. The predicted molar refractivity (Wildman–Crippen MR) is 88.1 cm³/mol. The van der Waals surface area contributed by atoms with E-state index in [1.54, 1.807) is 13.8 Å². The Morgan fingerprint density at radius 3 is 1.85 bits per heavy atom. The highest BCUT2D eigenvalue weighted by molar-refractivity contribution is 5.93. The van der Waals surface area contributed by atoms with Crippen molar-refractivity contribution >= 4 is 29.7 Å². The number of carboxylic acids is 3. The van der Waals surface area contributed by atoms with Gasteiger partial charge in [0.1, 0.15) is 12.1 Å². The van der Waals surface area contributed by atoms with Gasteiger partial charge in [-0.15, -0.1) is 0 Å². The SMILES string of the molecule is CC(C)C[C@H](NC(=O)[C@@H](N)CC(=O)O)C(=O)N[C@@H](CCC(=O)O)C(=O)O. The molecule has 0 saturated carbocycles. The van der Waals surface area contributed by atoms with Gasteiger partial charge in [-0.05, 0) is 18.8 Å². The summed E-state index contributed by atoms with van der Waals surface area (Å²) in [5, 5.41) is 30.9. The van der Waals surface area contributed by atoms with Crippen LogP contribution in [0, 0.1) is 5.92 Å². The lowest BCUT2D eigenvalue weighted by atomic mass is 10.0. The molecule has 0 aliphatic heterocycles. The van der Waals surface area contributed by atoms with Crippen molar-refractivity contribution in [3.8, 4) is 0 Å². The summed E-state index contributed by atoms with van der Waals surface area (Å²) in [5.41, 5.74) is 5.44. The summed E-state index contributed by atoms with van der Waals surface area (Å²) in [6.07, 6.45) is -1.25. The maximum atomic E-state index is 12.3. The summed E-state index contributed by atoms with van der Waals surface area (Å²) in [6.45, 7) is 3.53. The van der Waals surface area contributed by atoms with Crippen LogP contribution in [-0.2, 0) is 24.0 Å². The average molecular weight is 375 g/mol. The molecule has 0 bridgehead atoms. The molecule has 0 saturated heterocycles. The van der Waals surface area contributed by atoms with Gasteiger partial charge in [-0.2, -0.15) is 0 Å².